The molecule has 0 aliphatic heterocycles. The van der Waals surface area contributed by atoms with Crippen LogP contribution >= 0.6 is 0 Å². The van der Waals surface area contributed by atoms with Gasteiger partial charge in [-0.1, -0.05) is 74.4 Å². The van der Waals surface area contributed by atoms with E-state index < -0.39 is 67.7 Å². The Bertz CT molecular complexity index is 3330. The van der Waals surface area contributed by atoms with Crippen LogP contribution in [0.4, 0.5) is 0 Å². The molecule has 0 fully saturated rings. The van der Waals surface area contributed by atoms with Crippen LogP contribution in [0.5, 0.6) is 5.75 Å². The normalized spacial score (nSPS) is 12.9. The van der Waals surface area contributed by atoms with E-state index in [2.05, 4.69) is 59.1 Å². The van der Waals surface area contributed by atoms with Crippen molar-refractivity contribution in [3.05, 3.63) is 89.8 Å². The maximum atomic E-state index is 13.9. The second-order valence-corrected chi connectivity index (χ2v) is 26.3. The third kappa shape index (κ3) is 26.6. The molecule has 5 rings (SSSR count). The molecule has 528 valence electrons. The van der Waals surface area contributed by atoms with Crippen LogP contribution in [-0.2, 0) is 112 Å². The minimum absolute atomic E-state index is 0.00140. The van der Waals surface area contributed by atoms with Crippen molar-refractivity contribution in [1.29, 1.82) is 0 Å². The van der Waals surface area contributed by atoms with Crippen molar-refractivity contribution in [1.82, 2.24) is 80.3 Å². The Labute approximate surface area is 555 Å². The third-order valence-electron chi connectivity index (χ3n) is 14.4. The molecule has 2 aromatic carbocycles. The molecule has 0 saturated carbocycles. The first-order valence-electron chi connectivity index (χ1n) is 31.5. The van der Waals surface area contributed by atoms with E-state index in [0.29, 0.717) is 18.0 Å². The topological polar surface area (TPSA) is 397 Å². The highest BCUT2D eigenvalue weighted by Gasteiger charge is 2.40. The quantitative estimate of drug-likeness (QED) is 0.0178. The maximum absolute atomic E-state index is 13.9. The highest BCUT2D eigenvalue weighted by atomic mass is 32.2. The summed E-state index contributed by atoms with van der Waals surface area (Å²) in [4.78, 5) is 65.2. The van der Waals surface area contributed by atoms with Crippen LogP contribution in [0.2, 0.25) is 0 Å². The largest absolute Gasteiger partial charge is 0.497 e. The fourth-order valence-corrected chi connectivity index (χ4v) is 12.8. The molecule has 3 aromatic heterocycles. The predicted octanol–water partition coefficient (Wildman–Crippen LogP) is 0.801. The van der Waals surface area contributed by atoms with Crippen LogP contribution in [0.15, 0.2) is 76.9 Å². The average Bonchev–Trinajstić information content (AvgIpc) is 1.05. The number of nitrogens with zero attached hydrogens (tertiary/aromatic N) is 11. The zero-order valence-electron chi connectivity index (χ0n) is 55.4. The van der Waals surface area contributed by atoms with E-state index in [1.165, 1.54) is 64.6 Å². The number of rotatable bonds is 49. The number of benzene rings is 2. The Morgan fingerprint density at radius 3 is 1.48 bits per heavy atom. The summed E-state index contributed by atoms with van der Waals surface area (Å²) in [5.74, 6) is -3.13. The summed E-state index contributed by atoms with van der Waals surface area (Å²) in [5, 5.41) is 45.0. The maximum Gasteiger partial charge on any atom is 0.262 e. The van der Waals surface area contributed by atoms with Gasteiger partial charge < -0.3 is 54.4 Å². The van der Waals surface area contributed by atoms with Crippen molar-refractivity contribution in [3.8, 4) is 5.75 Å². The highest BCUT2D eigenvalue weighted by Crippen LogP contribution is 2.27. The number of ether oxygens (including phenoxy) is 7. The van der Waals surface area contributed by atoms with Crippen molar-refractivity contribution in [2.24, 2.45) is 11.8 Å². The molecule has 0 spiro atoms. The number of aryl methyl sites for hydroxylation is 2. The summed E-state index contributed by atoms with van der Waals surface area (Å²) in [7, 11) is -5.46. The number of nitrogens with one attached hydrogen (secondary N) is 5. The Balaban J connectivity index is 0.942. The first kappa shape index (κ1) is 78.2. The summed E-state index contributed by atoms with van der Waals surface area (Å²) in [6, 6.07) is 8.82. The minimum Gasteiger partial charge on any atom is -0.497 e. The summed E-state index contributed by atoms with van der Waals surface area (Å²) >= 11 is 0. The number of aromatic nitrogens is 9. The van der Waals surface area contributed by atoms with E-state index in [0.717, 1.165) is 39.1 Å². The number of hydrogen-bond donors (Lipinski definition) is 6. The second-order valence-electron chi connectivity index (χ2n) is 22.5. The van der Waals surface area contributed by atoms with Gasteiger partial charge >= 0.3 is 0 Å². The van der Waals surface area contributed by atoms with Crippen LogP contribution in [0, 0.1) is 18.8 Å². The Morgan fingerprint density at radius 1 is 0.568 bits per heavy atom. The van der Waals surface area contributed by atoms with Gasteiger partial charge in [0.05, 0.1) is 139 Å². The van der Waals surface area contributed by atoms with Crippen LogP contribution in [0.1, 0.15) is 82.9 Å². The second kappa shape index (κ2) is 41.5. The molecular weight excluding hydrogens is 1280 g/mol. The van der Waals surface area contributed by atoms with Gasteiger partial charge in [0.1, 0.15) is 30.4 Å². The summed E-state index contributed by atoms with van der Waals surface area (Å²) < 4.78 is 101. The van der Waals surface area contributed by atoms with Crippen molar-refractivity contribution in [2.75, 3.05) is 107 Å². The van der Waals surface area contributed by atoms with E-state index in [4.69, 9.17) is 33.2 Å². The van der Waals surface area contributed by atoms with Crippen molar-refractivity contribution >= 4 is 49.6 Å². The number of sulfonamides is 2. The number of amides is 5. The van der Waals surface area contributed by atoms with E-state index in [-0.39, 0.29) is 159 Å². The molecule has 3 atom stereocenters. The van der Waals surface area contributed by atoms with Gasteiger partial charge in [0.15, 0.2) is 0 Å². The molecule has 0 radical (unpaired) electrons. The zero-order chi connectivity index (χ0) is 69.2. The van der Waals surface area contributed by atoms with Crippen LogP contribution < -0.4 is 31.5 Å². The van der Waals surface area contributed by atoms with Crippen LogP contribution in [-0.4, -0.2) is 230 Å². The molecule has 5 amide bonds. The lowest BCUT2D eigenvalue weighted by Crippen LogP contribution is -2.51. The lowest BCUT2D eigenvalue weighted by atomic mass is 10.0. The van der Waals surface area contributed by atoms with Gasteiger partial charge in [-0.2, -0.15) is 8.61 Å². The van der Waals surface area contributed by atoms with Gasteiger partial charge in [0.25, 0.3) is 5.91 Å². The fourth-order valence-electron chi connectivity index (χ4n) is 9.44. The fraction of sp³-hybridized carbons (Fsp3) is 0.617. The molecule has 5 aromatic rings. The number of methoxy groups -OCH3 is 1. The van der Waals surface area contributed by atoms with Gasteiger partial charge in [-0.05, 0) is 74.4 Å². The van der Waals surface area contributed by atoms with E-state index in [9.17, 15) is 46.0 Å². The van der Waals surface area contributed by atoms with E-state index in [1.54, 1.807) is 63.9 Å². The third-order valence-corrected chi connectivity index (χ3v) is 18.1. The number of carbonyl (C=O) groups excluding carboxylic acids is 5. The first-order chi connectivity index (χ1) is 45.6. The van der Waals surface area contributed by atoms with Gasteiger partial charge in [-0.3, -0.25) is 29.2 Å². The molecule has 3 heterocycles. The molecule has 6 N–H and O–H groups in total. The van der Waals surface area contributed by atoms with Crippen LogP contribution in [0.25, 0.3) is 0 Å². The molecule has 0 aliphatic carbocycles. The average molecular weight is 1380 g/mol. The lowest BCUT2D eigenvalue weighted by Gasteiger charge is -2.31. The molecule has 0 aliphatic rings. The van der Waals surface area contributed by atoms with E-state index in [1.807, 2.05) is 6.92 Å². The molecule has 35 heteroatoms. The number of likely N-dealkylation sites (N-methyl/N-ethyl adjacent to an activating group) is 1. The van der Waals surface area contributed by atoms with Gasteiger partial charge in [-0.15, -0.1) is 15.3 Å². The van der Waals surface area contributed by atoms with Crippen LogP contribution in [0.3, 0.4) is 0 Å². The highest BCUT2D eigenvalue weighted by molar-refractivity contribution is 7.89. The summed E-state index contributed by atoms with van der Waals surface area (Å²) in [5.41, 5.74) is 3.83. The molecule has 1 unspecified atom stereocenters. The molecule has 33 nitrogen and oxygen atoms in total. The lowest BCUT2D eigenvalue weighted by molar-refractivity contribution is -0.134. The van der Waals surface area contributed by atoms with Gasteiger partial charge in [-0.25, -0.2) is 36.4 Å². The molecule has 95 heavy (non-hydrogen) atoms. The van der Waals surface area contributed by atoms with Crippen molar-refractivity contribution < 1.29 is 79.2 Å². The van der Waals surface area contributed by atoms with E-state index >= 15 is 0 Å². The zero-order valence-corrected chi connectivity index (χ0v) is 57.1. The number of hydrogen-bond acceptors (Lipinski definition) is 23. The predicted molar refractivity (Wildman–Crippen MR) is 342 cm³/mol. The monoisotopic (exact) mass is 1370 g/mol. The Morgan fingerprint density at radius 2 is 1.01 bits per heavy atom. The Kier molecular flexibility index (Phi) is 34.2. The molecular formula is C60H94N16O17S2. The van der Waals surface area contributed by atoms with Crippen molar-refractivity contribution in [3.63, 3.8) is 0 Å². The standard InChI is InChI=1S/C60H94N16O17S2/c1-9-10-11-47-38-74(71-65-47)43-55(78)64-53(58(79)63-23-27-89-31-35-93-37-33-90-28-24-72-39-48(66-69-72)41-75(56(44(2)3)59(80)61-7)94(83,84)51-16-12-46(6)13-17-51)20-21-54(77)62-22-26-88-30-34-92-36-32-91-29-25-73-40-49(67-70-73)42-76(57(45(4)5)60(81)68-82)95(85,86)52-18-14-50(87-8)15-19-52/h12-19,38-40,44-45,53,56-57,82H,9-11,20-37,41-43H2,1-8H3,(H,61,80)(H,62,77)(H,63,79)(H,64,78)(H,68,81)/t53?,56-,57-/m1/s1. The van der Waals surface area contributed by atoms with Crippen molar-refractivity contribution in [2.45, 2.75) is 134 Å². The smallest absolute Gasteiger partial charge is 0.262 e. The SMILES string of the molecule is CCCCc1cn(CC(=O)NC(CCC(=O)NCCOCCOCCOCCn2cc(CN([C@@H](C(=O)NO)C(C)C)S(=O)(=O)c3ccc(OC)cc3)nn2)C(=O)NCCOCCOCCOCCn2cc(CN([C@@H](C(=O)NC)C(C)C)S(=O)(=O)c3ccc(C)cc3)nn2)nn1. The van der Waals surface area contributed by atoms with Gasteiger partial charge in [0.2, 0.25) is 43.7 Å². The summed E-state index contributed by atoms with van der Waals surface area (Å²) in [6.45, 7) is 13.8. The number of hydroxylamine groups is 1. The minimum atomic E-state index is -4.27. The molecule has 0 saturated heterocycles. The number of unbranched alkanes of at least 4 members (excludes halogenated alkanes) is 1. The summed E-state index contributed by atoms with van der Waals surface area (Å²) in [6.07, 6.45) is 7.37. The Hall–Kier alpha value is -7.45. The number of carbonyl (C=O) groups is 5. The molecule has 0 bridgehead atoms. The first-order valence-corrected chi connectivity index (χ1v) is 34.4. The van der Waals surface area contributed by atoms with Gasteiger partial charge in [0, 0.05) is 45.1 Å².